The van der Waals surface area contributed by atoms with E-state index in [2.05, 4.69) is 60.4 Å². The van der Waals surface area contributed by atoms with Crippen molar-refractivity contribution in [2.75, 3.05) is 33.7 Å². The van der Waals surface area contributed by atoms with Crippen LogP contribution in [0.4, 0.5) is 0 Å². The number of rotatable bonds is 5. The fourth-order valence-corrected chi connectivity index (χ4v) is 4.32. The van der Waals surface area contributed by atoms with Crippen LogP contribution in [0.3, 0.4) is 0 Å². The summed E-state index contributed by atoms with van der Waals surface area (Å²) in [5, 5.41) is 3.55. The number of benzene rings is 1. The quantitative estimate of drug-likeness (QED) is 0.896. The van der Waals surface area contributed by atoms with Crippen molar-refractivity contribution in [3.05, 3.63) is 35.4 Å². The van der Waals surface area contributed by atoms with Gasteiger partial charge >= 0.3 is 0 Å². The number of likely N-dealkylation sites (tertiary alicyclic amines) is 1. The standard InChI is InChI=1S/C18H29N3/c1-4-21-11-7-9-15(21)13-20(3)17-12-14-8-5-6-10-16(14)18(17)19-2/h5-6,8,10,15,17-19H,4,7,9,11-13H2,1-3H3. The van der Waals surface area contributed by atoms with Crippen LogP contribution >= 0.6 is 0 Å². The Morgan fingerprint density at radius 2 is 2.14 bits per heavy atom. The van der Waals surface area contributed by atoms with Crippen LogP contribution in [0.25, 0.3) is 0 Å². The average Bonchev–Trinajstić information content (AvgIpc) is 3.10. The SMILES string of the molecule is CCN1CCCC1CN(C)C1Cc2ccccc2C1NC. The zero-order chi connectivity index (χ0) is 14.8. The van der Waals surface area contributed by atoms with Crippen LogP contribution in [-0.2, 0) is 6.42 Å². The highest BCUT2D eigenvalue weighted by molar-refractivity contribution is 5.37. The molecule has 116 valence electrons. The first-order chi connectivity index (χ1) is 10.2. The Hall–Kier alpha value is -0.900. The van der Waals surface area contributed by atoms with E-state index in [9.17, 15) is 0 Å². The van der Waals surface area contributed by atoms with E-state index >= 15 is 0 Å². The first-order valence-corrected chi connectivity index (χ1v) is 8.44. The van der Waals surface area contributed by atoms with Crippen molar-refractivity contribution in [2.45, 2.75) is 44.3 Å². The minimum atomic E-state index is 0.475. The Morgan fingerprint density at radius 3 is 2.90 bits per heavy atom. The average molecular weight is 287 g/mol. The number of likely N-dealkylation sites (N-methyl/N-ethyl adjacent to an activating group) is 3. The smallest absolute Gasteiger partial charge is 0.0481 e. The van der Waals surface area contributed by atoms with Crippen LogP contribution in [0, 0.1) is 0 Å². The molecule has 1 saturated heterocycles. The van der Waals surface area contributed by atoms with Gasteiger partial charge in [0.2, 0.25) is 0 Å². The van der Waals surface area contributed by atoms with E-state index in [0.717, 1.165) is 6.04 Å². The van der Waals surface area contributed by atoms with Gasteiger partial charge in [0.25, 0.3) is 0 Å². The van der Waals surface area contributed by atoms with Crippen molar-refractivity contribution >= 4 is 0 Å². The van der Waals surface area contributed by atoms with Gasteiger partial charge in [0.1, 0.15) is 0 Å². The lowest BCUT2D eigenvalue weighted by Gasteiger charge is -2.34. The van der Waals surface area contributed by atoms with E-state index in [-0.39, 0.29) is 0 Å². The lowest BCUT2D eigenvalue weighted by molar-refractivity contribution is 0.147. The highest BCUT2D eigenvalue weighted by atomic mass is 15.2. The van der Waals surface area contributed by atoms with Gasteiger partial charge in [-0.1, -0.05) is 31.2 Å². The van der Waals surface area contributed by atoms with E-state index in [1.165, 1.54) is 50.0 Å². The largest absolute Gasteiger partial charge is 0.312 e. The molecule has 1 fully saturated rings. The number of fused-ring (bicyclic) bond motifs is 1. The van der Waals surface area contributed by atoms with Crippen LogP contribution in [0.15, 0.2) is 24.3 Å². The van der Waals surface area contributed by atoms with Crippen LogP contribution in [0.2, 0.25) is 0 Å². The Labute approximate surface area is 129 Å². The molecule has 1 aliphatic carbocycles. The van der Waals surface area contributed by atoms with E-state index in [1.807, 2.05) is 0 Å². The molecule has 0 bridgehead atoms. The van der Waals surface area contributed by atoms with E-state index < -0.39 is 0 Å². The normalized spacial score (nSPS) is 29.2. The molecular formula is C18H29N3. The Balaban J connectivity index is 1.69. The summed E-state index contributed by atoms with van der Waals surface area (Å²) in [6.45, 7) is 5.97. The Bertz CT molecular complexity index is 473. The van der Waals surface area contributed by atoms with Gasteiger partial charge in [-0.2, -0.15) is 0 Å². The zero-order valence-corrected chi connectivity index (χ0v) is 13.7. The topological polar surface area (TPSA) is 18.5 Å². The summed E-state index contributed by atoms with van der Waals surface area (Å²) in [6, 6.07) is 10.7. The van der Waals surface area contributed by atoms with Crippen molar-refractivity contribution in [3.63, 3.8) is 0 Å². The number of nitrogens with zero attached hydrogens (tertiary/aromatic N) is 2. The molecule has 3 heteroatoms. The van der Waals surface area contributed by atoms with E-state index in [4.69, 9.17) is 0 Å². The lowest BCUT2D eigenvalue weighted by atomic mass is 10.1. The predicted molar refractivity (Wildman–Crippen MR) is 88.6 cm³/mol. The number of hydrogen-bond acceptors (Lipinski definition) is 3. The third-order valence-electron chi connectivity index (χ3n) is 5.49. The van der Waals surface area contributed by atoms with Crippen molar-refractivity contribution in [1.82, 2.24) is 15.1 Å². The molecule has 1 aromatic rings. The molecule has 1 N–H and O–H groups in total. The summed E-state index contributed by atoms with van der Waals surface area (Å²) >= 11 is 0. The second-order valence-corrected chi connectivity index (χ2v) is 6.60. The van der Waals surface area contributed by atoms with Crippen LogP contribution in [0.1, 0.15) is 36.9 Å². The molecule has 0 spiro atoms. The third-order valence-corrected chi connectivity index (χ3v) is 5.49. The third kappa shape index (κ3) is 2.87. The van der Waals surface area contributed by atoms with Crippen LogP contribution < -0.4 is 5.32 Å². The highest BCUT2D eigenvalue weighted by Gasteiger charge is 2.35. The van der Waals surface area contributed by atoms with Gasteiger partial charge in [-0.15, -0.1) is 0 Å². The molecule has 3 rings (SSSR count). The monoisotopic (exact) mass is 287 g/mol. The maximum Gasteiger partial charge on any atom is 0.0481 e. The fraction of sp³-hybridized carbons (Fsp3) is 0.667. The fourth-order valence-electron chi connectivity index (χ4n) is 4.32. The molecule has 0 amide bonds. The van der Waals surface area contributed by atoms with E-state index in [1.54, 1.807) is 0 Å². The maximum absolute atomic E-state index is 3.55. The summed E-state index contributed by atoms with van der Waals surface area (Å²) in [7, 11) is 4.41. The molecule has 3 nitrogen and oxygen atoms in total. The first kappa shape index (κ1) is 15.0. The number of hydrogen-bond donors (Lipinski definition) is 1. The summed E-state index contributed by atoms with van der Waals surface area (Å²) in [6.07, 6.45) is 3.91. The molecule has 1 aliphatic heterocycles. The molecular weight excluding hydrogens is 258 g/mol. The molecule has 3 atom stereocenters. The van der Waals surface area contributed by atoms with E-state index in [0.29, 0.717) is 12.1 Å². The molecule has 3 unspecified atom stereocenters. The van der Waals surface area contributed by atoms with Gasteiger partial charge in [-0.05, 0) is 57.6 Å². The van der Waals surface area contributed by atoms with Crippen molar-refractivity contribution in [1.29, 1.82) is 0 Å². The van der Waals surface area contributed by atoms with Crippen LogP contribution in [-0.4, -0.2) is 55.6 Å². The second-order valence-electron chi connectivity index (χ2n) is 6.60. The van der Waals surface area contributed by atoms with Gasteiger partial charge in [0, 0.05) is 24.7 Å². The summed E-state index contributed by atoms with van der Waals surface area (Å²) < 4.78 is 0. The van der Waals surface area contributed by atoms with Crippen molar-refractivity contribution in [3.8, 4) is 0 Å². The van der Waals surface area contributed by atoms with Crippen LogP contribution in [0.5, 0.6) is 0 Å². The highest BCUT2D eigenvalue weighted by Crippen LogP contribution is 2.34. The Kier molecular flexibility index (Phi) is 4.63. The van der Waals surface area contributed by atoms with Gasteiger partial charge < -0.3 is 5.32 Å². The van der Waals surface area contributed by atoms with Gasteiger partial charge in [0.05, 0.1) is 0 Å². The zero-order valence-electron chi connectivity index (χ0n) is 13.7. The van der Waals surface area contributed by atoms with Crippen molar-refractivity contribution < 1.29 is 0 Å². The summed E-state index contributed by atoms with van der Waals surface area (Å²) in [5.41, 5.74) is 3.02. The molecule has 0 radical (unpaired) electrons. The first-order valence-electron chi connectivity index (χ1n) is 8.44. The molecule has 21 heavy (non-hydrogen) atoms. The number of nitrogens with one attached hydrogen (secondary N) is 1. The van der Waals surface area contributed by atoms with Crippen molar-refractivity contribution in [2.24, 2.45) is 0 Å². The van der Waals surface area contributed by atoms with Gasteiger partial charge in [-0.25, -0.2) is 0 Å². The maximum atomic E-state index is 3.55. The summed E-state index contributed by atoms with van der Waals surface area (Å²) in [4.78, 5) is 5.24. The minimum Gasteiger partial charge on any atom is -0.312 e. The Morgan fingerprint density at radius 1 is 1.33 bits per heavy atom. The molecule has 2 aliphatic rings. The molecule has 1 heterocycles. The molecule has 1 aromatic carbocycles. The molecule has 0 aromatic heterocycles. The summed E-state index contributed by atoms with van der Waals surface area (Å²) in [5.74, 6) is 0. The minimum absolute atomic E-state index is 0.475. The second kappa shape index (κ2) is 6.47. The van der Waals surface area contributed by atoms with Gasteiger partial charge in [-0.3, -0.25) is 9.80 Å². The lowest BCUT2D eigenvalue weighted by Crippen LogP contribution is -2.46. The molecule has 0 saturated carbocycles. The van der Waals surface area contributed by atoms with Gasteiger partial charge in [0.15, 0.2) is 0 Å². The predicted octanol–water partition coefficient (Wildman–Crippen LogP) is 2.29.